The van der Waals surface area contributed by atoms with Crippen molar-refractivity contribution in [1.29, 1.82) is 0 Å². The molecule has 19 heavy (non-hydrogen) atoms. The van der Waals surface area contributed by atoms with Gasteiger partial charge in [-0.2, -0.15) is 0 Å². The Morgan fingerprint density at radius 3 is 2.95 bits per heavy atom. The Balaban J connectivity index is 1.70. The minimum Gasteiger partial charge on any atom is -0.353 e. The van der Waals surface area contributed by atoms with Gasteiger partial charge >= 0.3 is 0 Å². The maximum absolute atomic E-state index is 11.7. The number of amides is 1. The minimum atomic E-state index is 0.152. The van der Waals surface area contributed by atoms with Crippen molar-refractivity contribution >= 4 is 16.8 Å². The highest BCUT2D eigenvalue weighted by atomic mass is 16.1. The van der Waals surface area contributed by atoms with Crippen molar-refractivity contribution in [2.75, 3.05) is 0 Å². The summed E-state index contributed by atoms with van der Waals surface area (Å²) in [5, 5.41) is 4.21. The van der Waals surface area contributed by atoms with Gasteiger partial charge in [0.2, 0.25) is 5.91 Å². The quantitative estimate of drug-likeness (QED) is 0.857. The molecule has 1 aliphatic carbocycles. The van der Waals surface area contributed by atoms with Crippen LogP contribution in [0.15, 0.2) is 30.5 Å². The average molecular weight is 257 g/mol. The van der Waals surface area contributed by atoms with E-state index in [1.807, 2.05) is 12.3 Å². The third kappa shape index (κ3) is 2.79. The normalized spacial score (nSPS) is 14.8. The van der Waals surface area contributed by atoms with Crippen LogP contribution in [0.4, 0.5) is 0 Å². The fourth-order valence-corrected chi connectivity index (χ4v) is 2.30. The molecule has 1 saturated carbocycles. The van der Waals surface area contributed by atoms with Gasteiger partial charge in [0.1, 0.15) is 0 Å². The average Bonchev–Trinajstić information content (AvgIpc) is 3.14. The minimum absolute atomic E-state index is 0.152. The molecular weight excluding hydrogens is 238 g/mol. The number of nitrogens with one attached hydrogen (secondary N) is 1. The summed E-state index contributed by atoms with van der Waals surface area (Å²) in [5.41, 5.74) is 7.95. The number of nitrogens with zero attached hydrogens (tertiary/aromatic N) is 1. The van der Waals surface area contributed by atoms with Gasteiger partial charge < -0.3 is 15.6 Å². The van der Waals surface area contributed by atoms with E-state index in [1.54, 1.807) is 0 Å². The van der Waals surface area contributed by atoms with Crippen LogP contribution in [0.1, 0.15) is 24.8 Å². The Kier molecular flexibility index (Phi) is 3.25. The fraction of sp³-hybridized carbons (Fsp3) is 0.400. The van der Waals surface area contributed by atoms with Crippen LogP contribution >= 0.6 is 0 Å². The molecule has 1 aliphatic rings. The Labute approximate surface area is 112 Å². The summed E-state index contributed by atoms with van der Waals surface area (Å²) in [7, 11) is 0. The number of fused-ring (bicyclic) bond motifs is 1. The SMILES string of the molecule is NCc1ccc2ccn(CCC(=O)NC3CC3)c2c1. The van der Waals surface area contributed by atoms with Gasteiger partial charge in [-0.3, -0.25) is 4.79 Å². The first-order valence-corrected chi connectivity index (χ1v) is 6.83. The summed E-state index contributed by atoms with van der Waals surface area (Å²) < 4.78 is 2.13. The van der Waals surface area contributed by atoms with E-state index < -0.39 is 0 Å². The number of carbonyl (C=O) groups excluding carboxylic acids is 1. The van der Waals surface area contributed by atoms with E-state index in [9.17, 15) is 4.79 Å². The van der Waals surface area contributed by atoms with Crippen molar-refractivity contribution in [1.82, 2.24) is 9.88 Å². The highest BCUT2D eigenvalue weighted by molar-refractivity contribution is 5.81. The summed E-state index contributed by atoms with van der Waals surface area (Å²) >= 11 is 0. The third-order valence-electron chi connectivity index (χ3n) is 3.60. The van der Waals surface area contributed by atoms with Crippen molar-refractivity contribution in [3.63, 3.8) is 0 Å². The molecule has 1 aromatic carbocycles. The van der Waals surface area contributed by atoms with E-state index in [0.29, 0.717) is 19.0 Å². The van der Waals surface area contributed by atoms with E-state index in [0.717, 1.165) is 30.5 Å². The van der Waals surface area contributed by atoms with Crippen LogP contribution in [-0.2, 0) is 17.9 Å². The van der Waals surface area contributed by atoms with Crippen LogP contribution in [0.25, 0.3) is 10.9 Å². The number of aryl methyl sites for hydroxylation is 1. The van der Waals surface area contributed by atoms with Crippen LogP contribution in [-0.4, -0.2) is 16.5 Å². The van der Waals surface area contributed by atoms with E-state index >= 15 is 0 Å². The smallest absolute Gasteiger partial charge is 0.222 e. The van der Waals surface area contributed by atoms with Gasteiger partial charge in [-0.15, -0.1) is 0 Å². The van der Waals surface area contributed by atoms with Gasteiger partial charge in [0.25, 0.3) is 0 Å². The maximum Gasteiger partial charge on any atom is 0.222 e. The van der Waals surface area contributed by atoms with Gasteiger partial charge in [0, 0.05) is 37.3 Å². The molecule has 1 heterocycles. The lowest BCUT2D eigenvalue weighted by molar-refractivity contribution is -0.121. The molecule has 0 aliphatic heterocycles. The number of rotatable bonds is 5. The summed E-state index contributed by atoms with van der Waals surface area (Å²) in [6.45, 7) is 1.26. The van der Waals surface area contributed by atoms with E-state index in [1.165, 1.54) is 5.39 Å². The molecule has 1 fully saturated rings. The Morgan fingerprint density at radius 1 is 1.37 bits per heavy atom. The largest absolute Gasteiger partial charge is 0.353 e. The van der Waals surface area contributed by atoms with Gasteiger partial charge in [-0.05, 0) is 35.9 Å². The number of nitrogens with two attached hydrogens (primary N) is 1. The van der Waals surface area contributed by atoms with E-state index in [4.69, 9.17) is 5.73 Å². The zero-order valence-corrected chi connectivity index (χ0v) is 10.9. The highest BCUT2D eigenvalue weighted by Crippen LogP contribution is 2.20. The van der Waals surface area contributed by atoms with E-state index in [2.05, 4.69) is 28.1 Å². The topological polar surface area (TPSA) is 60.0 Å². The standard InChI is InChI=1S/C15H19N3O/c16-10-11-1-2-12-5-7-18(14(12)9-11)8-6-15(19)17-13-3-4-13/h1-2,5,7,9,13H,3-4,6,8,10,16H2,(H,17,19). The van der Waals surface area contributed by atoms with Crippen LogP contribution in [0.3, 0.4) is 0 Å². The molecule has 1 amide bonds. The van der Waals surface area contributed by atoms with Crippen molar-refractivity contribution in [2.45, 2.75) is 38.4 Å². The fourth-order valence-electron chi connectivity index (χ4n) is 2.30. The maximum atomic E-state index is 11.7. The van der Waals surface area contributed by atoms with Crippen molar-refractivity contribution in [3.8, 4) is 0 Å². The first-order valence-electron chi connectivity index (χ1n) is 6.83. The molecule has 4 nitrogen and oxygen atoms in total. The second kappa shape index (κ2) is 5.05. The Morgan fingerprint density at radius 2 is 2.21 bits per heavy atom. The van der Waals surface area contributed by atoms with Crippen molar-refractivity contribution < 1.29 is 4.79 Å². The first kappa shape index (κ1) is 12.2. The summed E-state index contributed by atoms with van der Waals surface area (Å²) in [6, 6.07) is 8.76. The Hall–Kier alpha value is -1.81. The molecule has 4 heteroatoms. The Bertz CT molecular complexity index is 598. The number of aromatic nitrogens is 1. The number of hydrogen-bond acceptors (Lipinski definition) is 2. The molecular formula is C15H19N3O. The van der Waals surface area contributed by atoms with Crippen LogP contribution in [0, 0.1) is 0 Å². The molecule has 0 saturated heterocycles. The predicted octanol–water partition coefficient (Wildman–Crippen LogP) is 1.77. The predicted molar refractivity (Wildman–Crippen MR) is 75.6 cm³/mol. The van der Waals surface area contributed by atoms with Crippen LogP contribution in [0.2, 0.25) is 0 Å². The molecule has 0 atom stereocenters. The highest BCUT2D eigenvalue weighted by Gasteiger charge is 2.22. The summed E-state index contributed by atoms with van der Waals surface area (Å²) in [5.74, 6) is 0.152. The molecule has 0 spiro atoms. The second-order valence-corrected chi connectivity index (χ2v) is 5.20. The summed E-state index contributed by atoms with van der Waals surface area (Å²) in [4.78, 5) is 11.7. The number of carbonyl (C=O) groups is 1. The van der Waals surface area contributed by atoms with E-state index in [-0.39, 0.29) is 5.91 Å². The van der Waals surface area contributed by atoms with Crippen LogP contribution in [0.5, 0.6) is 0 Å². The zero-order chi connectivity index (χ0) is 13.2. The lowest BCUT2D eigenvalue weighted by Crippen LogP contribution is -2.26. The van der Waals surface area contributed by atoms with Crippen molar-refractivity contribution in [2.24, 2.45) is 5.73 Å². The van der Waals surface area contributed by atoms with Gasteiger partial charge in [-0.25, -0.2) is 0 Å². The monoisotopic (exact) mass is 257 g/mol. The molecule has 0 radical (unpaired) electrons. The number of benzene rings is 1. The van der Waals surface area contributed by atoms with Crippen LogP contribution < -0.4 is 11.1 Å². The van der Waals surface area contributed by atoms with Gasteiger partial charge in [0.05, 0.1) is 0 Å². The zero-order valence-electron chi connectivity index (χ0n) is 10.9. The molecule has 3 N–H and O–H groups in total. The lowest BCUT2D eigenvalue weighted by atomic mass is 10.1. The van der Waals surface area contributed by atoms with Gasteiger partial charge in [0.15, 0.2) is 0 Å². The molecule has 2 aromatic rings. The number of hydrogen-bond donors (Lipinski definition) is 2. The second-order valence-electron chi connectivity index (χ2n) is 5.20. The lowest BCUT2D eigenvalue weighted by Gasteiger charge is -2.07. The first-order chi connectivity index (χ1) is 9.26. The molecule has 1 aromatic heterocycles. The molecule has 100 valence electrons. The molecule has 0 bridgehead atoms. The molecule has 0 unspecified atom stereocenters. The van der Waals surface area contributed by atoms with Gasteiger partial charge in [-0.1, -0.05) is 12.1 Å². The molecule has 3 rings (SSSR count). The summed E-state index contributed by atoms with van der Waals surface area (Å²) in [6.07, 6.45) is 4.85. The third-order valence-corrected chi connectivity index (χ3v) is 3.60. The van der Waals surface area contributed by atoms with Crippen molar-refractivity contribution in [3.05, 3.63) is 36.0 Å².